The molecule has 132 valence electrons. The molecule has 0 aliphatic carbocycles. The summed E-state index contributed by atoms with van der Waals surface area (Å²) in [5.74, 6) is 1.17. The summed E-state index contributed by atoms with van der Waals surface area (Å²) < 4.78 is 7.12. The molecule has 0 bridgehead atoms. The molecule has 0 saturated carbocycles. The van der Waals surface area contributed by atoms with Gasteiger partial charge in [-0.05, 0) is 45.2 Å². The van der Waals surface area contributed by atoms with Crippen molar-refractivity contribution in [3.8, 4) is 11.5 Å². The van der Waals surface area contributed by atoms with Crippen LogP contribution in [0.1, 0.15) is 29.4 Å². The highest BCUT2D eigenvalue weighted by Gasteiger charge is 2.20. The maximum absolute atomic E-state index is 5.91. The van der Waals surface area contributed by atoms with E-state index in [1.165, 1.54) is 10.3 Å². The van der Waals surface area contributed by atoms with Crippen LogP contribution >= 0.6 is 11.3 Å². The normalized spacial score (nSPS) is 12.8. The Hall–Kier alpha value is -2.57. The second-order valence-electron chi connectivity index (χ2n) is 6.48. The van der Waals surface area contributed by atoms with Crippen LogP contribution in [-0.4, -0.2) is 27.1 Å². The molecule has 1 unspecified atom stereocenters. The van der Waals surface area contributed by atoms with Crippen LogP contribution in [0.4, 0.5) is 0 Å². The predicted molar refractivity (Wildman–Crippen MR) is 104 cm³/mol. The van der Waals surface area contributed by atoms with Crippen LogP contribution in [0.2, 0.25) is 0 Å². The van der Waals surface area contributed by atoms with Crippen LogP contribution in [0.15, 0.2) is 52.9 Å². The van der Waals surface area contributed by atoms with Gasteiger partial charge in [-0.3, -0.25) is 4.90 Å². The number of fused-ring (bicyclic) bond motifs is 1. The molecule has 0 aliphatic rings. The van der Waals surface area contributed by atoms with Crippen LogP contribution in [0.5, 0.6) is 0 Å². The Bertz CT molecular complexity index is 989. The second kappa shape index (κ2) is 6.97. The van der Waals surface area contributed by atoms with E-state index in [1.54, 1.807) is 11.3 Å². The molecule has 2 aromatic carbocycles. The largest absolute Gasteiger partial charge is 0.419 e. The Kier molecular flexibility index (Phi) is 4.53. The standard InChI is InChI=1S/C20H20N4OS/c1-13-8-10-15(11-9-13)20-23-22-19(25-20)14(2)24(3)12-18-21-16-6-4-5-7-17(16)26-18/h4-11,14H,12H2,1-3H3. The Morgan fingerprint density at radius 2 is 1.85 bits per heavy atom. The third-order valence-electron chi connectivity index (χ3n) is 4.48. The van der Waals surface area contributed by atoms with Crippen LogP contribution in [0.3, 0.4) is 0 Å². The predicted octanol–water partition coefficient (Wildman–Crippen LogP) is 4.85. The summed E-state index contributed by atoms with van der Waals surface area (Å²) in [6, 6.07) is 16.3. The van der Waals surface area contributed by atoms with E-state index in [2.05, 4.69) is 35.0 Å². The average molecular weight is 364 g/mol. The maximum Gasteiger partial charge on any atom is 0.247 e. The number of thiazole rings is 1. The Labute approximate surface area is 156 Å². The zero-order valence-electron chi connectivity index (χ0n) is 15.0. The van der Waals surface area contributed by atoms with Crippen molar-refractivity contribution in [3.63, 3.8) is 0 Å². The highest BCUT2D eigenvalue weighted by Crippen LogP contribution is 2.27. The van der Waals surface area contributed by atoms with Gasteiger partial charge in [0.2, 0.25) is 11.8 Å². The molecule has 1 atom stereocenters. The van der Waals surface area contributed by atoms with E-state index in [-0.39, 0.29) is 6.04 Å². The van der Waals surface area contributed by atoms with E-state index < -0.39 is 0 Å². The van der Waals surface area contributed by atoms with Crippen molar-refractivity contribution >= 4 is 21.6 Å². The molecule has 2 aromatic heterocycles. The first-order valence-corrected chi connectivity index (χ1v) is 9.37. The molecule has 4 aromatic rings. The highest BCUT2D eigenvalue weighted by molar-refractivity contribution is 7.18. The van der Waals surface area contributed by atoms with Gasteiger partial charge >= 0.3 is 0 Å². The lowest BCUT2D eigenvalue weighted by Gasteiger charge is -2.20. The second-order valence-corrected chi connectivity index (χ2v) is 7.59. The Balaban J connectivity index is 1.49. The minimum Gasteiger partial charge on any atom is -0.419 e. The molecule has 0 aliphatic heterocycles. The fourth-order valence-corrected chi connectivity index (χ4v) is 3.77. The Morgan fingerprint density at radius 3 is 2.62 bits per heavy atom. The van der Waals surface area contributed by atoms with Gasteiger partial charge in [0.15, 0.2) is 0 Å². The first-order chi connectivity index (χ1) is 12.6. The molecule has 26 heavy (non-hydrogen) atoms. The van der Waals surface area contributed by atoms with E-state index in [0.29, 0.717) is 11.8 Å². The van der Waals surface area contributed by atoms with Crippen molar-refractivity contribution in [2.24, 2.45) is 0 Å². The Morgan fingerprint density at radius 1 is 1.08 bits per heavy atom. The van der Waals surface area contributed by atoms with Gasteiger partial charge in [0.05, 0.1) is 22.8 Å². The number of nitrogens with zero attached hydrogens (tertiary/aromatic N) is 4. The number of aryl methyl sites for hydroxylation is 1. The zero-order chi connectivity index (χ0) is 18.1. The van der Waals surface area contributed by atoms with Crippen molar-refractivity contribution < 1.29 is 4.42 Å². The monoisotopic (exact) mass is 364 g/mol. The van der Waals surface area contributed by atoms with Gasteiger partial charge in [0, 0.05) is 5.56 Å². The van der Waals surface area contributed by atoms with E-state index in [0.717, 1.165) is 22.6 Å². The van der Waals surface area contributed by atoms with Crippen LogP contribution in [0, 0.1) is 6.92 Å². The minimum atomic E-state index is 0.00807. The lowest BCUT2D eigenvalue weighted by Crippen LogP contribution is -2.22. The molecule has 0 spiro atoms. The van der Waals surface area contributed by atoms with Crippen LogP contribution in [0.25, 0.3) is 21.7 Å². The fraction of sp³-hybridized carbons (Fsp3) is 0.250. The fourth-order valence-electron chi connectivity index (χ4n) is 2.74. The summed E-state index contributed by atoms with van der Waals surface area (Å²) in [5, 5.41) is 9.53. The lowest BCUT2D eigenvalue weighted by atomic mass is 10.1. The lowest BCUT2D eigenvalue weighted by molar-refractivity contribution is 0.218. The van der Waals surface area contributed by atoms with Crippen molar-refractivity contribution in [2.45, 2.75) is 26.4 Å². The third kappa shape index (κ3) is 3.38. The SMILES string of the molecule is Cc1ccc(-c2nnc(C(C)N(C)Cc3nc4ccccc4s3)o2)cc1. The third-order valence-corrected chi connectivity index (χ3v) is 5.50. The first-order valence-electron chi connectivity index (χ1n) is 8.55. The average Bonchev–Trinajstić information content (AvgIpc) is 3.28. The highest BCUT2D eigenvalue weighted by atomic mass is 32.1. The number of benzene rings is 2. The van der Waals surface area contributed by atoms with Gasteiger partial charge in [0.25, 0.3) is 0 Å². The van der Waals surface area contributed by atoms with Gasteiger partial charge in [-0.2, -0.15) is 0 Å². The molecule has 5 nitrogen and oxygen atoms in total. The van der Waals surface area contributed by atoms with E-state index in [9.17, 15) is 0 Å². The number of hydrogen-bond acceptors (Lipinski definition) is 6. The van der Waals surface area contributed by atoms with Crippen LogP contribution in [-0.2, 0) is 6.54 Å². The molecular weight excluding hydrogens is 344 g/mol. The van der Waals surface area contributed by atoms with Gasteiger partial charge in [-0.15, -0.1) is 21.5 Å². The molecule has 0 N–H and O–H groups in total. The molecule has 0 saturated heterocycles. The maximum atomic E-state index is 5.91. The smallest absolute Gasteiger partial charge is 0.247 e. The van der Waals surface area contributed by atoms with Crippen molar-refractivity contribution in [1.82, 2.24) is 20.1 Å². The molecule has 0 amide bonds. The molecule has 6 heteroatoms. The van der Waals surface area contributed by atoms with Crippen LogP contribution < -0.4 is 0 Å². The first kappa shape index (κ1) is 16.9. The number of rotatable bonds is 5. The van der Waals surface area contributed by atoms with Gasteiger partial charge in [-0.1, -0.05) is 29.8 Å². The minimum absolute atomic E-state index is 0.00807. The number of aromatic nitrogens is 3. The van der Waals surface area contributed by atoms with Crippen molar-refractivity contribution in [2.75, 3.05) is 7.05 Å². The van der Waals surface area contributed by atoms with E-state index >= 15 is 0 Å². The molecule has 4 rings (SSSR count). The summed E-state index contributed by atoms with van der Waals surface area (Å²) >= 11 is 1.72. The van der Waals surface area contributed by atoms with E-state index in [4.69, 9.17) is 9.40 Å². The van der Waals surface area contributed by atoms with Gasteiger partial charge in [0.1, 0.15) is 5.01 Å². The summed E-state index contributed by atoms with van der Waals surface area (Å²) in [5.41, 5.74) is 3.20. The molecule has 2 heterocycles. The summed E-state index contributed by atoms with van der Waals surface area (Å²) in [4.78, 5) is 6.87. The zero-order valence-corrected chi connectivity index (χ0v) is 15.8. The summed E-state index contributed by atoms with van der Waals surface area (Å²) in [7, 11) is 2.05. The topological polar surface area (TPSA) is 55.1 Å². The van der Waals surface area contributed by atoms with Crippen molar-refractivity contribution in [3.05, 3.63) is 65.0 Å². The molecule has 0 radical (unpaired) electrons. The van der Waals surface area contributed by atoms with Gasteiger partial charge in [-0.25, -0.2) is 4.98 Å². The summed E-state index contributed by atoms with van der Waals surface area (Å²) in [6.45, 7) is 4.87. The van der Waals surface area contributed by atoms with E-state index in [1.807, 2.05) is 49.5 Å². The van der Waals surface area contributed by atoms with Gasteiger partial charge < -0.3 is 4.42 Å². The molecular formula is C20H20N4OS. The molecule has 0 fully saturated rings. The number of para-hydroxylation sites is 1. The number of hydrogen-bond donors (Lipinski definition) is 0. The quantitative estimate of drug-likeness (QED) is 0.507. The van der Waals surface area contributed by atoms with Crippen molar-refractivity contribution in [1.29, 1.82) is 0 Å². The summed E-state index contributed by atoms with van der Waals surface area (Å²) in [6.07, 6.45) is 0.